The van der Waals surface area contributed by atoms with Crippen LogP contribution in [-0.4, -0.2) is 11.7 Å². The minimum absolute atomic E-state index is 0.0555. The lowest BCUT2D eigenvalue weighted by Gasteiger charge is -2.08. The van der Waals surface area contributed by atoms with Gasteiger partial charge in [-0.15, -0.1) is 0 Å². The van der Waals surface area contributed by atoms with E-state index in [9.17, 15) is 14.9 Å². The van der Waals surface area contributed by atoms with Crippen LogP contribution >= 0.6 is 22.6 Å². The third kappa shape index (κ3) is 5.16. The molecule has 2 aromatic carbocycles. The molecule has 0 unspecified atom stereocenters. The quantitative estimate of drug-likeness (QED) is 0.312. The Morgan fingerprint density at radius 1 is 1.20 bits per heavy atom. The highest BCUT2D eigenvalue weighted by Gasteiger charge is 2.11. The van der Waals surface area contributed by atoms with Gasteiger partial charge in [0.15, 0.2) is 5.78 Å². The van der Waals surface area contributed by atoms with Gasteiger partial charge in [0.2, 0.25) is 0 Å². The van der Waals surface area contributed by atoms with E-state index in [0.717, 1.165) is 9.13 Å². The molecule has 2 N–H and O–H groups in total. The summed E-state index contributed by atoms with van der Waals surface area (Å²) in [6, 6.07) is 14.3. The Bertz CT molecular complexity index is 898. The molecule has 25 heavy (non-hydrogen) atoms. The number of halogens is 1. The van der Waals surface area contributed by atoms with E-state index in [1.807, 2.05) is 25.1 Å². The van der Waals surface area contributed by atoms with Crippen LogP contribution in [0.1, 0.15) is 22.8 Å². The average Bonchev–Trinajstić information content (AvgIpc) is 2.58. The smallest absolute Gasteiger partial charge is 0.267 e. The van der Waals surface area contributed by atoms with E-state index in [4.69, 9.17) is 0 Å². The molecule has 0 heterocycles. The van der Waals surface area contributed by atoms with Crippen molar-refractivity contribution in [2.24, 2.45) is 0 Å². The van der Waals surface area contributed by atoms with Crippen LogP contribution in [0.2, 0.25) is 0 Å². The molecule has 1 amide bonds. The molecular formula is C19H16IN3O2. The van der Waals surface area contributed by atoms with Gasteiger partial charge in [-0.05, 0) is 72.3 Å². The van der Waals surface area contributed by atoms with Crippen molar-refractivity contribution in [1.82, 2.24) is 0 Å². The zero-order valence-corrected chi connectivity index (χ0v) is 15.9. The van der Waals surface area contributed by atoms with Crippen molar-refractivity contribution < 1.29 is 9.59 Å². The Balaban J connectivity index is 2.14. The maximum absolute atomic E-state index is 12.3. The number of nitrogens with one attached hydrogen (secondary N) is 2. The number of ketones is 1. The van der Waals surface area contributed by atoms with Crippen molar-refractivity contribution in [1.29, 1.82) is 5.26 Å². The Morgan fingerprint density at radius 3 is 2.60 bits per heavy atom. The Kier molecular flexibility index (Phi) is 6.31. The Hall–Kier alpha value is -2.66. The van der Waals surface area contributed by atoms with Crippen LogP contribution in [0.4, 0.5) is 11.4 Å². The fourth-order valence-electron chi connectivity index (χ4n) is 2.09. The molecule has 2 aromatic rings. The summed E-state index contributed by atoms with van der Waals surface area (Å²) in [6.07, 6.45) is 1.33. The molecule has 0 spiro atoms. The number of aryl methyl sites for hydroxylation is 1. The topological polar surface area (TPSA) is 82.0 Å². The molecule has 0 aliphatic carbocycles. The summed E-state index contributed by atoms with van der Waals surface area (Å²) in [5.41, 5.74) is 2.69. The van der Waals surface area contributed by atoms with Gasteiger partial charge in [-0.25, -0.2) is 0 Å². The molecule has 0 saturated carbocycles. The number of nitriles is 1. The summed E-state index contributed by atoms with van der Waals surface area (Å²) < 4.78 is 1.07. The van der Waals surface area contributed by atoms with Gasteiger partial charge in [0.05, 0.1) is 0 Å². The average molecular weight is 445 g/mol. The van der Waals surface area contributed by atoms with Crippen molar-refractivity contribution in [2.75, 3.05) is 10.6 Å². The van der Waals surface area contributed by atoms with E-state index in [1.54, 1.807) is 30.3 Å². The van der Waals surface area contributed by atoms with Crippen molar-refractivity contribution in [3.05, 3.63) is 68.9 Å². The first-order valence-corrected chi connectivity index (χ1v) is 8.54. The second-order valence-electron chi connectivity index (χ2n) is 5.36. The lowest BCUT2D eigenvalue weighted by atomic mass is 10.1. The normalized spacial score (nSPS) is 10.7. The van der Waals surface area contributed by atoms with E-state index >= 15 is 0 Å². The zero-order chi connectivity index (χ0) is 18.4. The van der Waals surface area contributed by atoms with Gasteiger partial charge in [-0.2, -0.15) is 5.26 Å². The van der Waals surface area contributed by atoms with Crippen molar-refractivity contribution in [3.8, 4) is 6.07 Å². The number of amides is 1. The molecule has 0 atom stereocenters. The molecule has 0 fully saturated rings. The monoisotopic (exact) mass is 445 g/mol. The van der Waals surface area contributed by atoms with Gasteiger partial charge in [0.25, 0.3) is 5.91 Å². The number of nitrogens with zero attached hydrogens (tertiary/aromatic N) is 1. The van der Waals surface area contributed by atoms with Crippen LogP contribution in [0.5, 0.6) is 0 Å². The number of rotatable bonds is 5. The van der Waals surface area contributed by atoms with Gasteiger partial charge in [0.1, 0.15) is 11.6 Å². The van der Waals surface area contributed by atoms with E-state index in [2.05, 4.69) is 33.2 Å². The molecule has 0 saturated heterocycles. The number of Topliss-reactive ketones (excluding diaryl/α,β-unsaturated/α-hetero) is 1. The van der Waals surface area contributed by atoms with Gasteiger partial charge >= 0.3 is 0 Å². The lowest BCUT2D eigenvalue weighted by molar-refractivity contribution is -0.112. The summed E-state index contributed by atoms with van der Waals surface area (Å²) in [5.74, 6) is -0.554. The highest BCUT2D eigenvalue weighted by molar-refractivity contribution is 14.1. The molecular weight excluding hydrogens is 429 g/mol. The van der Waals surface area contributed by atoms with Crippen molar-refractivity contribution in [2.45, 2.75) is 13.8 Å². The third-order valence-electron chi connectivity index (χ3n) is 3.45. The summed E-state index contributed by atoms with van der Waals surface area (Å²) in [5, 5.41) is 14.8. The number of carbonyl (C=O) groups is 2. The second-order valence-corrected chi connectivity index (χ2v) is 6.61. The first kappa shape index (κ1) is 18.7. The molecule has 2 rings (SSSR count). The predicted molar refractivity (Wildman–Crippen MR) is 106 cm³/mol. The van der Waals surface area contributed by atoms with Crippen LogP contribution in [0.15, 0.2) is 54.2 Å². The Morgan fingerprint density at radius 2 is 1.96 bits per heavy atom. The van der Waals surface area contributed by atoms with Crippen LogP contribution in [-0.2, 0) is 4.79 Å². The SMILES string of the molecule is CC(=O)c1cccc(N/C=C(/C#N)C(=O)Nc2ccc(I)cc2C)c1. The lowest BCUT2D eigenvalue weighted by Crippen LogP contribution is -2.15. The summed E-state index contributed by atoms with van der Waals surface area (Å²) in [4.78, 5) is 23.7. The van der Waals surface area contributed by atoms with Crippen molar-refractivity contribution in [3.63, 3.8) is 0 Å². The van der Waals surface area contributed by atoms with Gasteiger partial charge < -0.3 is 10.6 Å². The maximum atomic E-state index is 12.3. The predicted octanol–water partition coefficient (Wildman–Crippen LogP) is 4.26. The molecule has 0 aliphatic heterocycles. The Labute approximate surface area is 159 Å². The van der Waals surface area contributed by atoms with E-state index < -0.39 is 5.91 Å². The fraction of sp³-hybridized carbons (Fsp3) is 0.105. The minimum atomic E-state index is -0.498. The van der Waals surface area contributed by atoms with Crippen molar-refractivity contribution >= 4 is 45.7 Å². The number of carbonyl (C=O) groups excluding carboxylic acids is 2. The van der Waals surface area contributed by atoms with E-state index in [1.165, 1.54) is 13.1 Å². The standard InChI is InChI=1S/C19H16IN3O2/c1-12-8-16(20)6-7-18(12)23-19(25)15(10-21)11-22-17-5-3-4-14(9-17)13(2)24/h3-9,11,22H,1-2H3,(H,23,25)/b15-11-. The zero-order valence-electron chi connectivity index (χ0n) is 13.8. The van der Waals surface area contributed by atoms with Crippen LogP contribution in [0, 0.1) is 21.8 Å². The summed E-state index contributed by atoms with van der Waals surface area (Å²) >= 11 is 2.19. The maximum Gasteiger partial charge on any atom is 0.267 e. The number of hydrogen-bond acceptors (Lipinski definition) is 4. The van der Waals surface area contributed by atoms with Crippen LogP contribution in [0.25, 0.3) is 0 Å². The summed E-state index contributed by atoms with van der Waals surface area (Å²) in [7, 11) is 0. The largest absolute Gasteiger partial charge is 0.360 e. The van der Waals surface area contributed by atoms with E-state index in [0.29, 0.717) is 16.9 Å². The number of hydrogen-bond donors (Lipinski definition) is 2. The highest BCUT2D eigenvalue weighted by Crippen LogP contribution is 2.18. The first-order valence-electron chi connectivity index (χ1n) is 7.46. The fourth-order valence-corrected chi connectivity index (χ4v) is 2.74. The van der Waals surface area contributed by atoms with Gasteiger partial charge in [-0.1, -0.05) is 12.1 Å². The number of anilines is 2. The molecule has 5 nitrogen and oxygen atoms in total. The van der Waals surface area contributed by atoms with Crippen LogP contribution in [0.3, 0.4) is 0 Å². The first-order chi connectivity index (χ1) is 11.9. The molecule has 126 valence electrons. The van der Waals surface area contributed by atoms with Crippen LogP contribution < -0.4 is 10.6 Å². The molecule has 0 bridgehead atoms. The van der Waals surface area contributed by atoms with E-state index in [-0.39, 0.29) is 11.4 Å². The molecule has 6 heteroatoms. The van der Waals surface area contributed by atoms with Gasteiger partial charge in [0, 0.05) is 26.7 Å². The number of benzene rings is 2. The molecule has 0 aromatic heterocycles. The second kappa shape index (κ2) is 8.44. The van der Waals surface area contributed by atoms with Gasteiger partial charge in [-0.3, -0.25) is 9.59 Å². The minimum Gasteiger partial charge on any atom is -0.360 e. The third-order valence-corrected chi connectivity index (χ3v) is 4.12. The molecule has 0 aliphatic rings. The molecule has 0 radical (unpaired) electrons. The summed E-state index contributed by atoms with van der Waals surface area (Å²) in [6.45, 7) is 3.37. The highest BCUT2D eigenvalue weighted by atomic mass is 127.